The predicted octanol–water partition coefficient (Wildman–Crippen LogP) is 4.43. The fourth-order valence-corrected chi connectivity index (χ4v) is 2.26. The molecule has 0 unspecified atom stereocenters. The third kappa shape index (κ3) is 4.30. The van der Waals surface area contributed by atoms with Crippen LogP contribution in [0.25, 0.3) is 17.1 Å². The van der Waals surface area contributed by atoms with Gasteiger partial charge in [0.1, 0.15) is 12.1 Å². The van der Waals surface area contributed by atoms with Crippen LogP contribution in [0, 0.1) is 0 Å². The largest absolute Gasteiger partial charge is 0.573 e. The summed E-state index contributed by atoms with van der Waals surface area (Å²) in [6.45, 7) is 0. The number of benzene rings is 2. The summed E-state index contributed by atoms with van der Waals surface area (Å²) < 4.78 is 80.3. The standard InChI is InChI=1S/C16H10F6N4O/c17-15(18,19)12-7-9(1-6-13(12)23)14-24-8-26(25-14)10-2-4-11(5-3-10)27-16(20,21)22/h1-8H,23H2. The number of rotatable bonds is 3. The van der Waals surface area contributed by atoms with E-state index in [4.69, 9.17) is 5.73 Å². The molecule has 142 valence electrons. The molecular formula is C16H10F6N4O. The zero-order valence-electron chi connectivity index (χ0n) is 13.2. The van der Waals surface area contributed by atoms with Crippen LogP contribution in [-0.2, 0) is 6.18 Å². The van der Waals surface area contributed by atoms with Crippen molar-refractivity contribution in [2.24, 2.45) is 0 Å². The van der Waals surface area contributed by atoms with Crippen LogP contribution in [0.4, 0.5) is 32.0 Å². The molecule has 0 saturated heterocycles. The van der Waals surface area contributed by atoms with Crippen LogP contribution in [0.5, 0.6) is 5.75 Å². The number of anilines is 1. The van der Waals surface area contributed by atoms with E-state index >= 15 is 0 Å². The van der Waals surface area contributed by atoms with Crippen LogP contribution < -0.4 is 10.5 Å². The van der Waals surface area contributed by atoms with Crippen LogP contribution in [0.2, 0.25) is 0 Å². The molecule has 11 heteroatoms. The molecule has 0 radical (unpaired) electrons. The van der Waals surface area contributed by atoms with Gasteiger partial charge in [-0.15, -0.1) is 18.3 Å². The van der Waals surface area contributed by atoms with E-state index in [-0.39, 0.29) is 11.4 Å². The molecule has 0 amide bonds. The summed E-state index contributed by atoms with van der Waals surface area (Å²) in [5, 5.41) is 4.04. The SMILES string of the molecule is Nc1ccc(-c2ncn(-c3ccc(OC(F)(F)F)cc3)n2)cc1C(F)(F)F. The van der Waals surface area contributed by atoms with Crippen molar-refractivity contribution in [2.45, 2.75) is 12.5 Å². The Morgan fingerprint density at radius 2 is 1.59 bits per heavy atom. The normalized spacial score (nSPS) is 12.2. The summed E-state index contributed by atoms with van der Waals surface area (Å²) in [6, 6.07) is 8.01. The van der Waals surface area contributed by atoms with Crippen molar-refractivity contribution >= 4 is 5.69 Å². The monoisotopic (exact) mass is 388 g/mol. The number of nitrogen functional groups attached to an aromatic ring is 1. The molecule has 0 aliphatic carbocycles. The van der Waals surface area contributed by atoms with Gasteiger partial charge in [0.15, 0.2) is 5.82 Å². The Hall–Kier alpha value is -3.24. The molecule has 0 atom stereocenters. The Balaban J connectivity index is 1.87. The van der Waals surface area contributed by atoms with Gasteiger partial charge >= 0.3 is 12.5 Å². The highest BCUT2D eigenvalue weighted by Gasteiger charge is 2.33. The van der Waals surface area contributed by atoms with Gasteiger partial charge in [-0.1, -0.05) is 0 Å². The van der Waals surface area contributed by atoms with E-state index in [9.17, 15) is 26.3 Å². The Morgan fingerprint density at radius 3 is 2.19 bits per heavy atom. The van der Waals surface area contributed by atoms with E-state index in [1.54, 1.807) is 0 Å². The highest BCUT2D eigenvalue weighted by molar-refractivity contribution is 5.63. The number of aromatic nitrogens is 3. The van der Waals surface area contributed by atoms with Crippen molar-refractivity contribution in [3.63, 3.8) is 0 Å². The summed E-state index contributed by atoms with van der Waals surface area (Å²) in [4.78, 5) is 3.93. The second-order valence-electron chi connectivity index (χ2n) is 5.35. The van der Waals surface area contributed by atoms with Gasteiger partial charge in [0, 0.05) is 11.3 Å². The van der Waals surface area contributed by atoms with Crippen molar-refractivity contribution in [1.29, 1.82) is 0 Å². The molecular weight excluding hydrogens is 378 g/mol. The van der Waals surface area contributed by atoms with Gasteiger partial charge in [0.25, 0.3) is 0 Å². The highest BCUT2D eigenvalue weighted by Crippen LogP contribution is 2.35. The predicted molar refractivity (Wildman–Crippen MR) is 82.9 cm³/mol. The van der Waals surface area contributed by atoms with E-state index < -0.39 is 29.5 Å². The van der Waals surface area contributed by atoms with Gasteiger partial charge in [-0.2, -0.15) is 13.2 Å². The summed E-state index contributed by atoms with van der Waals surface area (Å²) in [5.74, 6) is -0.420. The van der Waals surface area contributed by atoms with E-state index in [1.807, 2.05) is 0 Å². The average Bonchev–Trinajstić information content (AvgIpc) is 3.03. The molecule has 27 heavy (non-hydrogen) atoms. The average molecular weight is 388 g/mol. The van der Waals surface area contributed by atoms with Crippen molar-refractivity contribution in [1.82, 2.24) is 14.8 Å². The maximum atomic E-state index is 13.0. The number of alkyl halides is 6. The highest BCUT2D eigenvalue weighted by atomic mass is 19.4. The van der Waals surface area contributed by atoms with Crippen LogP contribution >= 0.6 is 0 Å². The van der Waals surface area contributed by atoms with Crippen LogP contribution in [0.3, 0.4) is 0 Å². The lowest BCUT2D eigenvalue weighted by Gasteiger charge is -2.10. The molecule has 2 aromatic carbocycles. The smallest absolute Gasteiger partial charge is 0.406 e. The van der Waals surface area contributed by atoms with Crippen LogP contribution in [0.15, 0.2) is 48.8 Å². The van der Waals surface area contributed by atoms with Crippen LogP contribution in [-0.4, -0.2) is 21.1 Å². The molecule has 3 rings (SSSR count). The third-order valence-corrected chi connectivity index (χ3v) is 3.44. The van der Waals surface area contributed by atoms with Gasteiger partial charge < -0.3 is 10.5 Å². The molecule has 1 heterocycles. The van der Waals surface area contributed by atoms with Crippen LogP contribution in [0.1, 0.15) is 5.56 Å². The zero-order valence-corrected chi connectivity index (χ0v) is 13.2. The molecule has 5 nitrogen and oxygen atoms in total. The topological polar surface area (TPSA) is 66.0 Å². The van der Waals surface area contributed by atoms with Crippen molar-refractivity contribution in [2.75, 3.05) is 5.73 Å². The molecule has 0 fully saturated rings. The van der Waals surface area contributed by atoms with E-state index in [1.165, 1.54) is 29.2 Å². The molecule has 0 saturated carbocycles. The lowest BCUT2D eigenvalue weighted by Crippen LogP contribution is -2.17. The summed E-state index contributed by atoms with van der Waals surface area (Å²) in [7, 11) is 0. The van der Waals surface area contributed by atoms with E-state index in [0.717, 1.165) is 24.3 Å². The molecule has 2 N–H and O–H groups in total. The summed E-state index contributed by atoms with van der Waals surface area (Å²) >= 11 is 0. The number of halogens is 6. The fourth-order valence-electron chi connectivity index (χ4n) is 2.26. The van der Waals surface area contributed by atoms with E-state index in [0.29, 0.717) is 5.69 Å². The number of nitrogens with two attached hydrogens (primary N) is 1. The Morgan fingerprint density at radius 1 is 0.926 bits per heavy atom. The maximum Gasteiger partial charge on any atom is 0.573 e. The summed E-state index contributed by atoms with van der Waals surface area (Å²) in [6.07, 6.45) is -8.22. The van der Waals surface area contributed by atoms with Gasteiger partial charge in [-0.3, -0.25) is 0 Å². The molecule has 0 spiro atoms. The van der Waals surface area contributed by atoms with Gasteiger partial charge in [-0.05, 0) is 42.5 Å². The minimum Gasteiger partial charge on any atom is -0.406 e. The first-order valence-electron chi connectivity index (χ1n) is 7.28. The first-order valence-corrected chi connectivity index (χ1v) is 7.28. The van der Waals surface area contributed by atoms with Crippen molar-refractivity contribution in [3.05, 3.63) is 54.4 Å². The van der Waals surface area contributed by atoms with Crippen molar-refractivity contribution < 1.29 is 31.1 Å². The number of hydrogen-bond donors (Lipinski definition) is 1. The fraction of sp³-hybridized carbons (Fsp3) is 0.125. The molecule has 1 aromatic heterocycles. The Labute approximate surface area is 148 Å². The van der Waals surface area contributed by atoms with Crippen molar-refractivity contribution in [3.8, 4) is 22.8 Å². The van der Waals surface area contributed by atoms with Gasteiger partial charge in [0.2, 0.25) is 0 Å². The second kappa shape index (κ2) is 6.49. The molecule has 0 bridgehead atoms. The Bertz CT molecular complexity index is 947. The third-order valence-electron chi connectivity index (χ3n) is 3.44. The molecule has 3 aromatic rings. The first-order chi connectivity index (χ1) is 12.5. The number of hydrogen-bond acceptors (Lipinski definition) is 4. The van der Waals surface area contributed by atoms with E-state index in [2.05, 4.69) is 14.8 Å². The minimum absolute atomic E-state index is 0.00359. The maximum absolute atomic E-state index is 13.0. The first kappa shape index (κ1) is 18.5. The lowest BCUT2D eigenvalue weighted by atomic mass is 10.1. The minimum atomic E-state index is -4.81. The Kier molecular flexibility index (Phi) is 4.46. The number of nitrogens with zero attached hydrogens (tertiary/aromatic N) is 3. The quantitative estimate of drug-likeness (QED) is 0.532. The molecule has 0 aliphatic rings. The zero-order chi connectivity index (χ0) is 19.8. The lowest BCUT2D eigenvalue weighted by molar-refractivity contribution is -0.274. The van der Waals surface area contributed by atoms with Gasteiger partial charge in [0.05, 0.1) is 11.3 Å². The number of ether oxygens (including phenoxy) is 1. The molecule has 0 aliphatic heterocycles. The summed E-state index contributed by atoms with van der Waals surface area (Å²) in [5.41, 5.74) is 4.35. The van der Waals surface area contributed by atoms with Gasteiger partial charge in [-0.25, -0.2) is 9.67 Å². The second-order valence-corrected chi connectivity index (χ2v) is 5.35.